The maximum absolute atomic E-state index is 10.2. The van der Waals surface area contributed by atoms with E-state index in [4.69, 9.17) is 4.74 Å². The molecule has 1 N–H and O–H groups in total. The Hall–Kier alpha value is -0.860. The average Bonchev–Trinajstić information content (AvgIpc) is 2.37. The van der Waals surface area contributed by atoms with Crippen LogP contribution in [0.25, 0.3) is 0 Å². The Bertz CT molecular complexity index is 372. The third kappa shape index (κ3) is 2.12. The molecule has 0 unspecified atom stereocenters. The van der Waals surface area contributed by atoms with Gasteiger partial charge in [0.2, 0.25) is 0 Å². The van der Waals surface area contributed by atoms with Crippen molar-refractivity contribution < 1.29 is 9.84 Å². The lowest BCUT2D eigenvalue weighted by molar-refractivity contribution is -0.184. The van der Waals surface area contributed by atoms with E-state index in [1.165, 1.54) is 37.7 Å². The second-order valence-corrected chi connectivity index (χ2v) is 5.48. The Morgan fingerprint density at radius 3 is 2.18 bits per heavy atom. The minimum Gasteiger partial charge on any atom is -0.380 e. The minimum absolute atomic E-state index is 0.440. The fourth-order valence-electron chi connectivity index (χ4n) is 2.96. The van der Waals surface area contributed by atoms with Gasteiger partial charge in [0.1, 0.15) is 5.60 Å². The van der Waals surface area contributed by atoms with E-state index in [0.717, 1.165) is 11.5 Å². The SMILES string of the molecule is OC1(c2ccc(C3CCCCC3)cc2)COC1. The average molecular weight is 232 g/mol. The first-order valence-electron chi connectivity index (χ1n) is 6.68. The van der Waals surface area contributed by atoms with Crippen molar-refractivity contribution in [3.63, 3.8) is 0 Å². The van der Waals surface area contributed by atoms with Gasteiger partial charge < -0.3 is 9.84 Å². The molecule has 2 fully saturated rings. The Labute approximate surface area is 103 Å². The van der Waals surface area contributed by atoms with Gasteiger partial charge in [-0.1, -0.05) is 43.5 Å². The zero-order valence-electron chi connectivity index (χ0n) is 10.2. The second-order valence-electron chi connectivity index (χ2n) is 5.48. The topological polar surface area (TPSA) is 29.5 Å². The summed E-state index contributed by atoms with van der Waals surface area (Å²) >= 11 is 0. The Morgan fingerprint density at radius 1 is 1.00 bits per heavy atom. The first-order valence-corrected chi connectivity index (χ1v) is 6.68. The number of hydrogen-bond acceptors (Lipinski definition) is 2. The van der Waals surface area contributed by atoms with Crippen molar-refractivity contribution in [3.8, 4) is 0 Å². The molecule has 1 saturated heterocycles. The molecule has 2 heteroatoms. The zero-order valence-corrected chi connectivity index (χ0v) is 10.2. The van der Waals surface area contributed by atoms with Gasteiger partial charge in [0, 0.05) is 0 Å². The molecule has 1 aliphatic carbocycles. The summed E-state index contributed by atoms with van der Waals surface area (Å²) in [6.45, 7) is 0.881. The molecule has 1 heterocycles. The molecule has 3 rings (SSSR count). The Morgan fingerprint density at radius 2 is 1.65 bits per heavy atom. The van der Waals surface area contributed by atoms with E-state index >= 15 is 0 Å². The predicted octanol–water partition coefficient (Wildman–Crippen LogP) is 2.95. The fourth-order valence-corrected chi connectivity index (χ4v) is 2.96. The summed E-state index contributed by atoms with van der Waals surface area (Å²) in [6.07, 6.45) is 6.78. The highest BCUT2D eigenvalue weighted by molar-refractivity contribution is 5.30. The fraction of sp³-hybridized carbons (Fsp3) is 0.600. The normalized spacial score (nSPS) is 24.3. The highest BCUT2D eigenvalue weighted by Crippen LogP contribution is 2.34. The number of hydrogen-bond donors (Lipinski definition) is 1. The van der Waals surface area contributed by atoms with E-state index in [-0.39, 0.29) is 0 Å². The lowest BCUT2D eigenvalue weighted by Crippen LogP contribution is -2.46. The standard InChI is InChI=1S/C15H20O2/c16-15(10-17-11-15)14-8-6-13(7-9-14)12-4-2-1-3-5-12/h6-9,12,16H,1-5,10-11H2. The van der Waals surface area contributed by atoms with Crippen molar-refractivity contribution in [2.75, 3.05) is 13.2 Å². The predicted molar refractivity (Wildman–Crippen MR) is 67.0 cm³/mol. The van der Waals surface area contributed by atoms with Gasteiger partial charge in [-0.05, 0) is 29.9 Å². The maximum Gasteiger partial charge on any atom is 0.136 e. The summed E-state index contributed by atoms with van der Waals surface area (Å²) in [4.78, 5) is 0. The zero-order chi connectivity index (χ0) is 11.7. The van der Waals surface area contributed by atoms with Gasteiger partial charge in [0.25, 0.3) is 0 Å². The van der Waals surface area contributed by atoms with Crippen LogP contribution in [0, 0.1) is 0 Å². The minimum atomic E-state index is -0.717. The highest BCUT2D eigenvalue weighted by Gasteiger charge is 2.37. The van der Waals surface area contributed by atoms with Crippen LogP contribution in [-0.2, 0) is 10.3 Å². The molecule has 0 spiro atoms. The summed E-state index contributed by atoms with van der Waals surface area (Å²) in [6, 6.07) is 8.54. The Balaban J connectivity index is 1.75. The molecule has 1 aromatic rings. The first-order chi connectivity index (χ1) is 8.28. The van der Waals surface area contributed by atoms with Gasteiger partial charge in [-0.15, -0.1) is 0 Å². The number of benzene rings is 1. The van der Waals surface area contributed by atoms with Crippen molar-refractivity contribution in [1.82, 2.24) is 0 Å². The molecule has 1 aliphatic heterocycles. The van der Waals surface area contributed by atoms with Crippen molar-refractivity contribution in [1.29, 1.82) is 0 Å². The quantitative estimate of drug-likeness (QED) is 0.849. The molecular formula is C15H20O2. The van der Waals surface area contributed by atoms with Crippen LogP contribution in [0.3, 0.4) is 0 Å². The Kier molecular flexibility index (Phi) is 2.93. The van der Waals surface area contributed by atoms with Crippen LogP contribution in [-0.4, -0.2) is 18.3 Å². The summed E-state index contributed by atoms with van der Waals surface area (Å²) in [5.41, 5.74) is 1.73. The third-order valence-corrected chi connectivity index (χ3v) is 4.21. The summed E-state index contributed by atoms with van der Waals surface area (Å²) in [5.74, 6) is 0.741. The molecule has 0 bridgehead atoms. The van der Waals surface area contributed by atoms with Crippen LogP contribution >= 0.6 is 0 Å². The van der Waals surface area contributed by atoms with Gasteiger partial charge in [-0.3, -0.25) is 0 Å². The molecule has 0 radical (unpaired) electrons. The van der Waals surface area contributed by atoms with Crippen molar-refractivity contribution in [3.05, 3.63) is 35.4 Å². The number of ether oxygens (including phenoxy) is 1. The third-order valence-electron chi connectivity index (χ3n) is 4.21. The van der Waals surface area contributed by atoms with Gasteiger partial charge in [0.15, 0.2) is 0 Å². The lowest BCUT2D eigenvalue weighted by atomic mass is 9.83. The van der Waals surface area contributed by atoms with Gasteiger partial charge in [-0.25, -0.2) is 0 Å². The van der Waals surface area contributed by atoms with E-state index in [1.807, 2.05) is 0 Å². The molecule has 0 atom stereocenters. The van der Waals surface area contributed by atoms with Gasteiger partial charge in [0.05, 0.1) is 13.2 Å². The summed E-state index contributed by atoms with van der Waals surface area (Å²) < 4.78 is 5.09. The van der Waals surface area contributed by atoms with E-state index in [1.54, 1.807) is 0 Å². The first kappa shape index (κ1) is 11.2. The van der Waals surface area contributed by atoms with Gasteiger partial charge >= 0.3 is 0 Å². The smallest absolute Gasteiger partial charge is 0.136 e. The molecule has 17 heavy (non-hydrogen) atoms. The van der Waals surface area contributed by atoms with Crippen LogP contribution in [0.15, 0.2) is 24.3 Å². The summed E-state index contributed by atoms with van der Waals surface area (Å²) in [5, 5.41) is 10.2. The van der Waals surface area contributed by atoms with Crippen LogP contribution in [0.2, 0.25) is 0 Å². The van der Waals surface area contributed by atoms with Crippen LogP contribution in [0.1, 0.15) is 49.1 Å². The lowest BCUT2D eigenvalue weighted by Gasteiger charge is -2.37. The molecular weight excluding hydrogens is 212 g/mol. The van der Waals surface area contributed by atoms with Crippen LogP contribution in [0.4, 0.5) is 0 Å². The van der Waals surface area contributed by atoms with E-state index in [2.05, 4.69) is 24.3 Å². The number of rotatable bonds is 2. The van der Waals surface area contributed by atoms with E-state index in [9.17, 15) is 5.11 Å². The molecule has 2 nitrogen and oxygen atoms in total. The highest BCUT2D eigenvalue weighted by atomic mass is 16.5. The summed E-state index contributed by atoms with van der Waals surface area (Å²) in [7, 11) is 0. The van der Waals surface area contributed by atoms with E-state index < -0.39 is 5.60 Å². The van der Waals surface area contributed by atoms with E-state index in [0.29, 0.717) is 13.2 Å². The number of aliphatic hydroxyl groups is 1. The van der Waals surface area contributed by atoms with Crippen LogP contribution < -0.4 is 0 Å². The monoisotopic (exact) mass is 232 g/mol. The molecule has 0 aromatic heterocycles. The molecule has 2 aliphatic rings. The molecule has 92 valence electrons. The van der Waals surface area contributed by atoms with Crippen LogP contribution in [0.5, 0.6) is 0 Å². The molecule has 0 amide bonds. The second kappa shape index (κ2) is 4.43. The maximum atomic E-state index is 10.2. The van der Waals surface area contributed by atoms with Gasteiger partial charge in [-0.2, -0.15) is 0 Å². The van der Waals surface area contributed by atoms with Crippen molar-refractivity contribution >= 4 is 0 Å². The van der Waals surface area contributed by atoms with Crippen molar-refractivity contribution in [2.45, 2.75) is 43.6 Å². The largest absolute Gasteiger partial charge is 0.380 e. The molecule has 1 aromatic carbocycles. The molecule has 1 saturated carbocycles. The van der Waals surface area contributed by atoms with Crippen molar-refractivity contribution in [2.24, 2.45) is 0 Å².